The fourth-order valence-corrected chi connectivity index (χ4v) is 3.00. The van der Waals surface area contributed by atoms with Gasteiger partial charge in [-0.05, 0) is 36.3 Å². The average molecular weight is 339 g/mol. The Morgan fingerprint density at radius 1 is 1.04 bits per heavy atom. The lowest BCUT2D eigenvalue weighted by molar-refractivity contribution is 0.0844. The summed E-state index contributed by atoms with van der Waals surface area (Å²) < 4.78 is 10.6. The summed E-state index contributed by atoms with van der Waals surface area (Å²) in [5.41, 5.74) is 3.33. The summed E-state index contributed by atoms with van der Waals surface area (Å²) in [6.45, 7) is 0.521. The number of benzene rings is 2. The first-order valence-electron chi connectivity index (χ1n) is 8.15. The molecule has 2 aromatic rings. The number of nitrogens with zero attached hydrogens (tertiary/aromatic N) is 1. The Hall–Kier alpha value is -2.79. The number of fused-ring (bicyclic) bond motifs is 1. The van der Waals surface area contributed by atoms with Crippen LogP contribution >= 0.6 is 0 Å². The van der Waals surface area contributed by atoms with Crippen LogP contribution in [0.3, 0.4) is 0 Å². The third kappa shape index (κ3) is 3.23. The first kappa shape index (κ1) is 17.0. The van der Waals surface area contributed by atoms with Gasteiger partial charge in [-0.15, -0.1) is 0 Å². The summed E-state index contributed by atoms with van der Waals surface area (Å²) in [6.07, 6.45) is 2.49. The molecule has 0 fully saturated rings. The maximum absolute atomic E-state index is 12.7. The second-order valence-corrected chi connectivity index (χ2v) is 5.72. The van der Waals surface area contributed by atoms with Gasteiger partial charge in [-0.25, -0.2) is 0 Å². The SMILES string of the molecule is COc1ccc(C=C2c3ccccc3C(=O)N2CCCO)cc1OC. The molecule has 0 spiro atoms. The van der Waals surface area contributed by atoms with Crippen LogP contribution in [0.2, 0.25) is 0 Å². The Bertz CT molecular complexity index is 813. The van der Waals surface area contributed by atoms with E-state index in [1.165, 1.54) is 0 Å². The van der Waals surface area contributed by atoms with Crippen LogP contribution in [0.25, 0.3) is 11.8 Å². The van der Waals surface area contributed by atoms with Gasteiger partial charge in [0.15, 0.2) is 11.5 Å². The molecule has 1 N–H and O–H groups in total. The van der Waals surface area contributed by atoms with E-state index in [1.807, 2.05) is 48.5 Å². The van der Waals surface area contributed by atoms with E-state index < -0.39 is 0 Å². The van der Waals surface area contributed by atoms with Gasteiger partial charge in [-0.3, -0.25) is 4.79 Å². The van der Waals surface area contributed by atoms with Crippen LogP contribution in [0.1, 0.15) is 27.9 Å². The van der Waals surface area contributed by atoms with E-state index in [9.17, 15) is 4.79 Å². The van der Waals surface area contributed by atoms with Crippen molar-refractivity contribution < 1.29 is 19.4 Å². The van der Waals surface area contributed by atoms with Crippen molar-refractivity contribution in [2.75, 3.05) is 27.4 Å². The van der Waals surface area contributed by atoms with Crippen molar-refractivity contribution in [2.24, 2.45) is 0 Å². The topological polar surface area (TPSA) is 59.0 Å². The monoisotopic (exact) mass is 339 g/mol. The van der Waals surface area contributed by atoms with Gasteiger partial charge in [0.1, 0.15) is 0 Å². The van der Waals surface area contributed by atoms with Crippen LogP contribution in [-0.2, 0) is 0 Å². The van der Waals surface area contributed by atoms with Crippen LogP contribution in [-0.4, -0.2) is 43.3 Å². The minimum absolute atomic E-state index is 0.0317. The van der Waals surface area contributed by atoms with Crippen LogP contribution in [0, 0.1) is 0 Å². The molecule has 0 aliphatic carbocycles. The number of hydrogen-bond acceptors (Lipinski definition) is 4. The average Bonchev–Trinajstić information content (AvgIpc) is 2.92. The molecule has 1 aliphatic rings. The molecule has 0 saturated carbocycles. The number of aliphatic hydroxyl groups is 1. The number of carbonyl (C=O) groups excluding carboxylic acids is 1. The minimum atomic E-state index is -0.0317. The molecule has 1 aliphatic heterocycles. The Balaban J connectivity index is 2.05. The third-order valence-electron chi connectivity index (χ3n) is 4.22. The molecule has 25 heavy (non-hydrogen) atoms. The Labute approximate surface area is 147 Å². The highest BCUT2D eigenvalue weighted by Gasteiger charge is 2.31. The Kier molecular flexibility index (Phi) is 5.05. The van der Waals surface area contributed by atoms with E-state index in [0.717, 1.165) is 16.8 Å². The maximum atomic E-state index is 12.7. The third-order valence-corrected chi connectivity index (χ3v) is 4.22. The zero-order valence-corrected chi connectivity index (χ0v) is 14.4. The van der Waals surface area contributed by atoms with E-state index in [0.29, 0.717) is 30.0 Å². The summed E-state index contributed by atoms with van der Waals surface area (Å²) in [5, 5.41) is 9.14. The molecule has 2 aromatic carbocycles. The number of ether oxygens (including phenoxy) is 2. The van der Waals surface area contributed by atoms with E-state index in [-0.39, 0.29) is 12.5 Å². The number of hydrogen-bond donors (Lipinski definition) is 1. The molecule has 3 rings (SSSR count). The predicted octanol–water partition coefficient (Wildman–Crippen LogP) is 3.04. The van der Waals surface area contributed by atoms with Gasteiger partial charge in [0.05, 0.1) is 19.9 Å². The highest BCUT2D eigenvalue weighted by molar-refractivity contribution is 6.11. The molecule has 0 radical (unpaired) electrons. The Morgan fingerprint density at radius 2 is 1.76 bits per heavy atom. The molecular weight excluding hydrogens is 318 g/mol. The van der Waals surface area contributed by atoms with E-state index in [2.05, 4.69) is 0 Å². The number of amides is 1. The highest BCUT2D eigenvalue weighted by atomic mass is 16.5. The van der Waals surface area contributed by atoms with Crippen LogP contribution < -0.4 is 9.47 Å². The fourth-order valence-electron chi connectivity index (χ4n) is 3.00. The summed E-state index contributed by atoms with van der Waals surface area (Å²) >= 11 is 0. The molecule has 0 aromatic heterocycles. The molecule has 130 valence electrons. The van der Waals surface area contributed by atoms with E-state index in [1.54, 1.807) is 19.1 Å². The summed E-state index contributed by atoms with van der Waals surface area (Å²) in [6, 6.07) is 13.2. The van der Waals surface area contributed by atoms with Gasteiger partial charge in [-0.1, -0.05) is 24.3 Å². The zero-order valence-electron chi connectivity index (χ0n) is 14.4. The standard InChI is InChI=1S/C20H21NO4/c1-24-18-9-8-14(13-19(18)25-2)12-17-15-6-3-4-7-16(15)20(23)21(17)10-5-11-22/h3-4,6-9,12-13,22H,5,10-11H2,1-2H3. The molecule has 5 heteroatoms. The van der Waals surface area contributed by atoms with Crippen molar-refractivity contribution >= 4 is 17.7 Å². The van der Waals surface area contributed by atoms with Crippen LogP contribution in [0.15, 0.2) is 42.5 Å². The molecule has 0 bridgehead atoms. The summed E-state index contributed by atoms with van der Waals surface area (Å²) in [5.74, 6) is 1.26. The molecule has 0 atom stereocenters. The number of methoxy groups -OCH3 is 2. The van der Waals surface area contributed by atoms with Gasteiger partial charge in [0.2, 0.25) is 0 Å². The summed E-state index contributed by atoms with van der Waals surface area (Å²) in [4.78, 5) is 14.4. The van der Waals surface area contributed by atoms with Crippen molar-refractivity contribution in [3.63, 3.8) is 0 Å². The number of carbonyl (C=O) groups is 1. The maximum Gasteiger partial charge on any atom is 0.258 e. The van der Waals surface area contributed by atoms with Gasteiger partial charge in [-0.2, -0.15) is 0 Å². The van der Waals surface area contributed by atoms with Crippen molar-refractivity contribution in [1.82, 2.24) is 4.90 Å². The number of rotatable bonds is 6. The van der Waals surface area contributed by atoms with Crippen molar-refractivity contribution in [2.45, 2.75) is 6.42 Å². The smallest absolute Gasteiger partial charge is 0.258 e. The molecule has 1 heterocycles. The first-order chi connectivity index (χ1) is 12.2. The van der Waals surface area contributed by atoms with Crippen LogP contribution in [0.5, 0.6) is 11.5 Å². The molecule has 0 saturated heterocycles. The van der Waals surface area contributed by atoms with E-state index >= 15 is 0 Å². The number of aliphatic hydroxyl groups excluding tert-OH is 1. The minimum Gasteiger partial charge on any atom is -0.493 e. The first-order valence-corrected chi connectivity index (χ1v) is 8.15. The lowest BCUT2D eigenvalue weighted by Crippen LogP contribution is -2.24. The van der Waals surface area contributed by atoms with Crippen molar-refractivity contribution in [3.8, 4) is 11.5 Å². The highest BCUT2D eigenvalue weighted by Crippen LogP contribution is 2.35. The van der Waals surface area contributed by atoms with Crippen molar-refractivity contribution in [3.05, 3.63) is 59.2 Å². The summed E-state index contributed by atoms with van der Waals surface area (Å²) in [7, 11) is 3.19. The largest absolute Gasteiger partial charge is 0.493 e. The van der Waals surface area contributed by atoms with Gasteiger partial charge >= 0.3 is 0 Å². The predicted molar refractivity (Wildman–Crippen MR) is 96.6 cm³/mol. The van der Waals surface area contributed by atoms with E-state index in [4.69, 9.17) is 14.6 Å². The molecule has 0 unspecified atom stereocenters. The van der Waals surface area contributed by atoms with Gasteiger partial charge in [0, 0.05) is 24.3 Å². The van der Waals surface area contributed by atoms with Gasteiger partial charge in [0.25, 0.3) is 5.91 Å². The normalized spacial score (nSPS) is 14.8. The fraction of sp³-hybridized carbons (Fsp3) is 0.250. The molecule has 1 amide bonds. The second kappa shape index (κ2) is 7.40. The van der Waals surface area contributed by atoms with Gasteiger partial charge < -0.3 is 19.5 Å². The van der Waals surface area contributed by atoms with Crippen molar-refractivity contribution in [1.29, 1.82) is 0 Å². The quantitative estimate of drug-likeness (QED) is 0.879. The molecular formula is C20H21NO4. The Morgan fingerprint density at radius 3 is 2.44 bits per heavy atom. The second-order valence-electron chi connectivity index (χ2n) is 5.72. The zero-order chi connectivity index (χ0) is 17.8. The molecule has 5 nitrogen and oxygen atoms in total. The van der Waals surface area contributed by atoms with Crippen LogP contribution in [0.4, 0.5) is 0 Å². The lowest BCUT2D eigenvalue weighted by atomic mass is 10.1. The lowest BCUT2D eigenvalue weighted by Gasteiger charge is -2.18.